The van der Waals surface area contributed by atoms with E-state index in [4.69, 9.17) is 17.0 Å². The molecule has 1 aromatic heterocycles. The van der Waals surface area contributed by atoms with Crippen LogP contribution >= 0.6 is 23.6 Å². The Hall–Kier alpha value is -1.77. The first-order valence-electron chi connectivity index (χ1n) is 8.94. The summed E-state index contributed by atoms with van der Waals surface area (Å²) < 4.78 is 7.50. The molecule has 0 bridgehead atoms. The summed E-state index contributed by atoms with van der Waals surface area (Å²) in [6.07, 6.45) is 2.74. The molecular weight excluding hydrogens is 368 g/mol. The first-order chi connectivity index (χ1) is 12.6. The fourth-order valence-corrected chi connectivity index (χ4v) is 4.23. The predicted octanol–water partition coefficient (Wildman–Crippen LogP) is 2.41. The Labute approximate surface area is 162 Å². The van der Waals surface area contributed by atoms with Crippen molar-refractivity contribution in [3.05, 3.63) is 33.8 Å². The first-order valence-corrected chi connectivity index (χ1v) is 10.2. The summed E-state index contributed by atoms with van der Waals surface area (Å²) >= 11 is 6.96. The van der Waals surface area contributed by atoms with E-state index in [-0.39, 0.29) is 11.9 Å². The Kier molecular flexibility index (Phi) is 6.39. The standard InChI is InChI=1S/C18H24N4O2S2/c1-3-13-4-6-15(7-5-13)19-17-20-22(18(25)26-17)12-21-10-8-14(9-11-21)16(23)24-2/h4-7,14H,3,8-12H2,1-2H3,(H,19,20)/p+1. The van der Waals surface area contributed by atoms with Gasteiger partial charge >= 0.3 is 5.97 Å². The Morgan fingerprint density at radius 3 is 2.69 bits per heavy atom. The SMILES string of the molecule is CCc1ccc(Nc2nn(C[NH+]3CCC(C(=O)OC)CC3)c(=S)s2)cc1. The number of aryl methyl sites for hydroxylation is 1. The largest absolute Gasteiger partial charge is 0.469 e. The van der Waals surface area contributed by atoms with Crippen LogP contribution in [0.1, 0.15) is 25.3 Å². The lowest BCUT2D eigenvalue weighted by Crippen LogP contribution is -3.12. The van der Waals surface area contributed by atoms with Gasteiger partial charge in [-0.25, -0.2) is 0 Å². The van der Waals surface area contributed by atoms with Gasteiger partial charge in [-0.1, -0.05) is 30.4 Å². The third-order valence-electron chi connectivity index (χ3n) is 4.82. The van der Waals surface area contributed by atoms with Crippen molar-refractivity contribution in [1.29, 1.82) is 0 Å². The number of likely N-dealkylation sites (tertiary alicyclic amines) is 1. The van der Waals surface area contributed by atoms with Gasteiger partial charge in [-0.05, 0) is 36.3 Å². The lowest BCUT2D eigenvalue weighted by atomic mass is 9.97. The van der Waals surface area contributed by atoms with Crippen LogP contribution < -0.4 is 10.2 Å². The average molecular weight is 394 g/mol. The van der Waals surface area contributed by atoms with Gasteiger partial charge in [0.25, 0.3) is 0 Å². The van der Waals surface area contributed by atoms with Gasteiger partial charge in [-0.3, -0.25) is 4.79 Å². The number of methoxy groups -OCH3 is 1. The van der Waals surface area contributed by atoms with E-state index >= 15 is 0 Å². The molecule has 1 aliphatic heterocycles. The number of ether oxygens (including phenoxy) is 1. The zero-order chi connectivity index (χ0) is 18.5. The maximum absolute atomic E-state index is 11.6. The number of benzene rings is 1. The summed E-state index contributed by atoms with van der Waals surface area (Å²) in [5, 5.41) is 8.76. The monoisotopic (exact) mass is 393 g/mol. The van der Waals surface area contributed by atoms with Gasteiger partial charge in [0, 0.05) is 18.5 Å². The molecule has 2 aromatic rings. The molecule has 0 aliphatic carbocycles. The molecule has 0 spiro atoms. The summed E-state index contributed by atoms with van der Waals surface area (Å²) in [6, 6.07) is 8.37. The minimum absolute atomic E-state index is 0.0375. The van der Waals surface area contributed by atoms with Crippen LogP contribution in [0.4, 0.5) is 10.8 Å². The second-order valence-electron chi connectivity index (χ2n) is 6.55. The summed E-state index contributed by atoms with van der Waals surface area (Å²) in [4.78, 5) is 13.0. The van der Waals surface area contributed by atoms with Crippen LogP contribution in [0.25, 0.3) is 0 Å². The van der Waals surface area contributed by atoms with Crippen molar-refractivity contribution < 1.29 is 14.4 Å². The fraction of sp³-hybridized carbons (Fsp3) is 0.500. The molecule has 0 saturated carbocycles. The second kappa shape index (κ2) is 8.75. The van der Waals surface area contributed by atoms with Crippen LogP contribution in [-0.2, 0) is 22.6 Å². The van der Waals surface area contributed by atoms with E-state index in [2.05, 4.69) is 41.6 Å². The molecule has 3 rings (SSSR count). The number of aromatic nitrogens is 2. The molecule has 1 aliphatic rings. The van der Waals surface area contributed by atoms with E-state index in [9.17, 15) is 4.79 Å². The molecular formula is C18H25N4O2S2+. The number of anilines is 2. The molecule has 0 radical (unpaired) electrons. The summed E-state index contributed by atoms with van der Waals surface area (Å²) in [5.41, 5.74) is 2.33. The van der Waals surface area contributed by atoms with Crippen LogP contribution in [0.2, 0.25) is 0 Å². The van der Waals surface area contributed by atoms with Gasteiger partial charge < -0.3 is 15.0 Å². The number of piperidine rings is 1. The van der Waals surface area contributed by atoms with Crippen molar-refractivity contribution in [2.75, 3.05) is 25.5 Å². The quantitative estimate of drug-likeness (QED) is 0.583. The molecule has 2 N–H and O–H groups in total. The third-order valence-corrected chi connectivity index (χ3v) is 6.04. The minimum atomic E-state index is -0.0881. The molecule has 1 fully saturated rings. The fourth-order valence-electron chi connectivity index (χ4n) is 3.20. The average Bonchev–Trinajstić information content (AvgIpc) is 3.01. The van der Waals surface area contributed by atoms with Gasteiger partial charge in [0.05, 0.1) is 26.1 Å². The molecule has 26 heavy (non-hydrogen) atoms. The maximum atomic E-state index is 11.6. The topological polar surface area (TPSA) is 60.6 Å². The Bertz CT molecular complexity index is 792. The smallest absolute Gasteiger partial charge is 0.309 e. The van der Waals surface area contributed by atoms with Crippen molar-refractivity contribution >= 4 is 40.3 Å². The van der Waals surface area contributed by atoms with Gasteiger partial charge in [-0.15, -0.1) is 5.10 Å². The molecule has 8 heteroatoms. The molecule has 140 valence electrons. The Morgan fingerprint density at radius 1 is 1.38 bits per heavy atom. The van der Waals surface area contributed by atoms with Crippen LogP contribution in [0.15, 0.2) is 24.3 Å². The van der Waals surface area contributed by atoms with E-state index in [1.165, 1.54) is 28.9 Å². The zero-order valence-corrected chi connectivity index (χ0v) is 16.8. The molecule has 2 heterocycles. The van der Waals surface area contributed by atoms with Crippen LogP contribution in [0.3, 0.4) is 0 Å². The highest BCUT2D eigenvalue weighted by Crippen LogP contribution is 2.20. The van der Waals surface area contributed by atoms with Crippen LogP contribution in [0, 0.1) is 9.87 Å². The summed E-state index contributed by atoms with van der Waals surface area (Å²) in [7, 11) is 1.46. The number of hydrogen-bond donors (Lipinski definition) is 2. The van der Waals surface area contributed by atoms with Gasteiger partial charge in [0.1, 0.15) is 0 Å². The van der Waals surface area contributed by atoms with Crippen molar-refractivity contribution in [3.63, 3.8) is 0 Å². The molecule has 0 amide bonds. The number of nitrogens with zero attached hydrogens (tertiary/aromatic N) is 2. The van der Waals surface area contributed by atoms with E-state index in [1.54, 1.807) is 0 Å². The Morgan fingerprint density at radius 2 is 2.08 bits per heavy atom. The normalized spacial score (nSPS) is 19.9. The molecule has 6 nitrogen and oxygen atoms in total. The lowest BCUT2D eigenvalue weighted by molar-refractivity contribution is -0.928. The zero-order valence-electron chi connectivity index (χ0n) is 15.2. The van der Waals surface area contributed by atoms with E-state index < -0.39 is 0 Å². The van der Waals surface area contributed by atoms with Gasteiger partial charge in [-0.2, -0.15) is 4.68 Å². The Balaban J connectivity index is 1.58. The number of quaternary nitrogens is 1. The minimum Gasteiger partial charge on any atom is -0.469 e. The molecule has 0 unspecified atom stereocenters. The van der Waals surface area contributed by atoms with Crippen molar-refractivity contribution in [2.45, 2.75) is 32.9 Å². The molecule has 1 saturated heterocycles. The van der Waals surface area contributed by atoms with Crippen LogP contribution in [-0.4, -0.2) is 35.9 Å². The predicted molar refractivity (Wildman–Crippen MR) is 105 cm³/mol. The van der Waals surface area contributed by atoms with Gasteiger partial charge in [0.2, 0.25) is 5.13 Å². The maximum Gasteiger partial charge on any atom is 0.309 e. The highest BCUT2D eigenvalue weighted by Gasteiger charge is 2.28. The van der Waals surface area contributed by atoms with Crippen molar-refractivity contribution in [2.24, 2.45) is 5.92 Å². The highest BCUT2D eigenvalue weighted by molar-refractivity contribution is 7.73. The van der Waals surface area contributed by atoms with Crippen molar-refractivity contribution in [3.8, 4) is 0 Å². The molecule has 1 aromatic carbocycles. The van der Waals surface area contributed by atoms with E-state index in [0.29, 0.717) is 0 Å². The van der Waals surface area contributed by atoms with Crippen molar-refractivity contribution in [1.82, 2.24) is 9.78 Å². The van der Waals surface area contributed by atoms with E-state index in [1.807, 2.05) is 4.68 Å². The highest BCUT2D eigenvalue weighted by atomic mass is 32.1. The summed E-state index contributed by atoms with van der Waals surface area (Å²) in [6.45, 7) is 4.74. The number of rotatable bonds is 6. The number of hydrogen-bond acceptors (Lipinski definition) is 6. The lowest BCUT2D eigenvalue weighted by Gasteiger charge is -2.27. The second-order valence-corrected chi connectivity index (χ2v) is 8.18. The number of carbonyl (C=O) groups excluding carboxylic acids is 1. The van der Waals surface area contributed by atoms with E-state index in [0.717, 1.165) is 53.8 Å². The number of nitrogens with one attached hydrogen (secondary N) is 2. The summed E-state index contributed by atoms with van der Waals surface area (Å²) in [5.74, 6) is -0.0506. The van der Waals surface area contributed by atoms with Gasteiger partial charge in [0.15, 0.2) is 10.6 Å². The third kappa shape index (κ3) is 4.69. The molecule has 0 atom stereocenters. The van der Waals surface area contributed by atoms with Crippen LogP contribution in [0.5, 0.6) is 0 Å². The number of carbonyl (C=O) groups is 1. The number of esters is 1. The first kappa shape index (κ1) is 19.0.